The van der Waals surface area contributed by atoms with Crippen molar-refractivity contribution >= 4 is 5.78 Å². The fourth-order valence-corrected chi connectivity index (χ4v) is 5.19. The molecule has 0 aromatic heterocycles. The third-order valence-electron chi connectivity index (χ3n) is 6.95. The molecule has 0 bridgehead atoms. The number of carbonyl (C=O) groups is 1. The summed E-state index contributed by atoms with van der Waals surface area (Å²) in [6, 6.07) is 27.7. The lowest BCUT2D eigenvalue weighted by Gasteiger charge is -2.35. The zero-order valence-corrected chi connectivity index (χ0v) is 17.5. The second kappa shape index (κ2) is 8.57. The van der Waals surface area contributed by atoms with Gasteiger partial charge in [-0.2, -0.15) is 0 Å². The van der Waals surface area contributed by atoms with E-state index in [1.54, 1.807) is 0 Å². The summed E-state index contributed by atoms with van der Waals surface area (Å²) < 4.78 is 0. The van der Waals surface area contributed by atoms with E-state index < -0.39 is 0 Å². The van der Waals surface area contributed by atoms with Gasteiger partial charge in [0.15, 0.2) is 5.78 Å². The van der Waals surface area contributed by atoms with Crippen LogP contribution in [0, 0.1) is 5.92 Å². The summed E-state index contributed by atoms with van der Waals surface area (Å²) in [6.45, 7) is 3.12. The Hall–Kier alpha value is -2.71. The molecular formula is C28H29NO. The minimum atomic E-state index is 0.147. The van der Waals surface area contributed by atoms with Gasteiger partial charge in [-0.3, -0.25) is 4.79 Å². The van der Waals surface area contributed by atoms with Gasteiger partial charge in [0, 0.05) is 18.0 Å². The van der Waals surface area contributed by atoms with E-state index >= 15 is 0 Å². The van der Waals surface area contributed by atoms with E-state index in [2.05, 4.69) is 77.7 Å². The van der Waals surface area contributed by atoms with Crippen molar-refractivity contribution in [2.75, 3.05) is 19.6 Å². The van der Waals surface area contributed by atoms with Crippen LogP contribution in [0.1, 0.15) is 46.7 Å². The first-order valence-electron chi connectivity index (χ1n) is 11.3. The van der Waals surface area contributed by atoms with Crippen molar-refractivity contribution in [2.24, 2.45) is 5.92 Å². The smallest absolute Gasteiger partial charge is 0.167 e. The molecule has 5 rings (SSSR count). The zero-order valence-electron chi connectivity index (χ0n) is 17.5. The Balaban J connectivity index is 1.23. The van der Waals surface area contributed by atoms with Crippen molar-refractivity contribution in [3.8, 4) is 11.1 Å². The molecule has 1 aliphatic carbocycles. The normalized spacial score (nSPS) is 20.1. The molecule has 152 valence electrons. The lowest BCUT2D eigenvalue weighted by Crippen LogP contribution is -2.40. The van der Waals surface area contributed by atoms with Crippen molar-refractivity contribution in [3.63, 3.8) is 0 Å². The van der Waals surface area contributed by atoms with Crippen LogP contribution in [0.3, 0.4) is 0 Å². The lowest BCUT2D eigenvalue weighted by molar-refractivity contribution is 0.0840. The number of hydrogen-bond donors (Lipinski definition) is 0. The minimum Gasteiger partial charge on any atom is -0.303 e. The number of carbonyl (C=O) groups excluding carboxylic acids is 1. The average Bonchev–Trinajstić information content (AvgIpc) is 2.82. The van der Waals surface area contributed by atoms with Gasteiger partial charge in [0.05, 0.1) is 0 Å². The number of piperidine rings is 1. The second-order valence-corrected chi connectivity index (χ2v) is 8.82. The molecule has 0 saturated carbocycles. The number of benzene rings is 3. The van der Waals surface area contributed by atoms with Gasteiger partial charge in [0.2, 0.25) is 0 Å². The molecule has 1 heterocycles. The minimum absolute atomic E-state index is 0.147. The number of ketones is 1. The van der Waals surface area contributed by atoms with Crippen LogP contribution in [0.25, 0.3) is 11.1 Å². The highest BCUT2D eigenvalue weighted by Gasteiger charge is 2.30. The fourth-order valence-electron chi connectivity index (χ4n) is 5.19. The molecule has 0 amide bonds. The number of hydrogen-bond acceptors (Lipinski definition) is 2. The summed E-state index contributed by atoms with van der Waals surface area (Å²) in [5.74, 6) is 1.16. The maximum absolute atomic E-state index is 13.2. The monoisotopic (exact) mass is 395 g/mol. The van der Waals surface area contributed by atoms with Crippen LogP contribution in [-0.2, 0) is 6.42 Å². The van der Waals surface area contributed by atoms with Crippen LogP contribution in [0.5, 0.6) is 0 Å². The van der Waals surface area contributed by atoms with Crippen molar-refractivity contribution in [1.29, 1.82) is 0 Å². The van der Waals surface area contributed by atoms with E-state index in [0.717, 1.165) is 38.0 Å². The molecule has 1 saturated heterocycles. The van der Waals surface area contributed by atoms with E-state index in [0.29, 0.717) is 11.7 Å². The molecule has 0 radical (unpaired) electrons. The van der Waals surface area contributed by atoms with E-state index in [1.165, 1.54) is 35.1 Å². The first kappa shape index (κ1) is 19.3. The molecule has 3 aromatic rings. The largest absolute Gasteiger partial charge is 0.303 e. The third-order valence-corrected chi connectivity index (χ3v) is 6.95. The molecule has 0 N–H and O–H groups in total. The van der Waals surface area contributed by atoms with Crippen LogP contribution < -0.4 is 0 Å². The standard InChI is InChI=1S/C28H29NO/c30-28-26(20-29-17-15-23(16-18-29)21-7-3-1-4-8-21)12-11-25-19-24(13-14-27(25)28)22-9-5-2-6-10-22/h1-10,13-14,19,23,26H,11-12,15-18,20H2. The average molecular weight is 396 g/mol. The number of Topliss-reactive ketones (excluding diaryl/α,β-unsaturated/α-hetero) is 1. The van der Waals surface area contributed by atoms with Crippen molar-refractivity contribution in [1.82, 2.24) is 4.90 Å². The first-order valence-corrected chi connectivity index (χ1v) is 11.3. The predicted molar refractivity (Wildman–Crippen MR) is 123 cm³/mol. The van der Waals surface area contributed by atoms with Gasteiger partial charge in [-0.05, 0) is 66.9 Å². The fraction of sp³-hybridized carbons (Fsp3) is 0.321. The van der Waals surface area contributed by atoms with Crippen molar-refractivity contribution in [3.05, 3.63) is 95.6 Å². The molecule has 1 aliphatic heterocycles. The quantitative estimate of drug-likeness (QED) is 0.542. The first-order chi connectivity index (χ1) is 14.8. The SMILES string of the molecule is O=C1c2ccc(-c3ccccc3)cc2CCC1CN1CCC(c2ccccc2)CC1. The van der Waals surface area contributed by atoms with E-state index in [9.17, 15) is 4.79 Å². The summed E-state index contributed by atoms with van der Waals surface area (Å²) in [4.78, 5) is 15.7. The molecule has 3 aromatic carbocycles. The summed E-state index contributed by atoms with van der Waals surface area (Å²) >= 11 is 0. The van der Waals surface area contributed by atoms with E-state index in [4.69, 9.17) is 0 Å². The van der Waals surface area contributed by atoms with Gasteiger partial charge in [-0.25, -0.2) is 0 Å². The molecule has 1 unspecified atom stereocenters. The molecule has 30 heavy (non-hydrogen) atoms. The van der Waals surface area contributed by atoms with E-state index in [1.807, 2.05) is 6.07 Å². The van der Waals surface area contributed by atoms with Crippen molar-refractivity contribution < 1.29 is 4.79 Å². The Morgan fingerprint density at radius 1 is 0.767 bits per heavy atom. The summed E-state index contributed by atoms with van der Waals surface area (Å²) in [5, 5.41) is 0. The van der Waals surface area contributed by atoms with Gasteiger partial charge < -0.3 is 4.90 Å². The number of rotatable bonds is 4. The predicted octanol–water partition coefficient (Wildman–Crippen LogP) is 5.98. The molecule has 2 nitrogen and oxygen atoms in total. The van der Waals surface area contributed by atoms with Gasteiger partial charge in [0.25, 0.3) is 0 Å². The number of nitrogens with zero attached hydrogens (tertiary/aromatic N) is 1. The summed E-state index contributed by atoms with van der Waals surface area (Å²) in [7, 11) is 0. The number of fused-ring (bicyclic) bond motifs is 1. The van der Waals surface area contributed by atoms with E-state index in [-0.39, 0.29) is 5.92 Å². The summed E-state index contributed by atoms with van der Waals surface area (Å²) in [6.07, 6.45) is 4.37. The highest BCUT2D eigenvalue weighted by Crippen LogP contribution is 2.32. The van der Waals surface area contributed by atoms with Crippen LogP contribution in [-0.4, -0.2) is 30.3 Å². The Kier molecular flexibility index (Phi) is 5.50. The highest BCUT2D eigenvalue weighted by atomic mass is 16.1. The Morgan fingerprint density at radius 2 is 1.47 bits per heavy atom. The lowest BCUT2D eigenvalue weighted by atomic mass is 9.80. The zero-order chi connectivity index (χ0) is 20.3. The van der Waals surface area contributed by atoms with Crippen LogP contribution in [0.15, 0.2) is 78.9 Å². The Morgan fingerprint density at radius 3 is 2.20 bits per heavy atom. The van der Waals surface area contributed by atoms with Gasteiger partial charge in [-0.15, -0.1) is 0 Å². The van der Waals surface area contributed by atoms with Crippen LogP contribution in [0.2, 0.25) is 0 Å². The highest BCUT2D eigenvalue weighted by molar-refractivity contribution is 6.00. The van der Waals surface area contributed by atoms with Crippen LogP contribution in [0.4, 0.5) is 0 Å². The Labute approximate surface area is 179 Å². The topological polar surface area (TPSA) is 20.3 Å². The Bertz CT molecular complexity index is 1000. The molecule has 2 heteroatoms. The third kappa shape index (κ3) is 3.97. The van der Waals surface area contributed by atoms with Crippen molar-refractivity contribution in [2.45, 2.75) is 31.6 Å². The second-order valence-electron chi connectivity index (χ2n) is 8.82. The molecule has 1 fully saturated rings. The maximum Gasteiger partial charge on any atom is 0.167 e. The molecular weight excluding hydrogens is 366 g/mol. The molecule has 1 atom stereocenters. The number of aryl methyl sites for hydroxylation is 1. The number of likely N-dealkylation sites (tertiary alicyclic amines) is 1. The van der Waals surface area contributed by atoms with Crippen LogP contribution >= 0.6 is 0 Å². The summed E-state index contributed by atoms with van der Waals surface area (Å²) in [5.41, 5.74) is 6.07. The van der Waals surface area contributed by atoms with Gasteiger partial charge in [-0.1, -0.05) is 78.9 Å². The van der Waals surface area contributed by atoms with Gasteiger partial charge >= 0.3 is 0 Å². The maximum atomic E-state index is 13.2. The molecule has 0 spiro atoms. The van der Waals surface area contributed by atoms with Gasteiger partial charge in [0.1, 0.15) is 0 Å². The molecule has 2 aliphatic rings.